The maximum absolute atomic E-state index is 7.32. The molecule has 1 aromatic heterocycles. The van der Waals surface area contributed by atoms with E-state index in [-0.39, 0.29) is 6.04 Å². The van der Waals surface area contributed by atoms with E-state index in [1.165, 1.54) is 28.4 Å². The van der Waals surface area contributed by atoms with Crippen LogP contribution in [0.3, 0.4) is 0 Å². The van der Waals surface area contributed by atoms with Gasteiger partial charge in [0.15, 0.2) is 0 Å². The Morgan fingerprint density at radius 1 is 1.08 bits per heavy atom. The number of benzene rings is 2. The van der Waals surface area contributed by atoms with Gasteiger partial charge in [-0.05, 0) is 44.3 Å². The van der Waals surface area contributed by atoms with Crippen LogP contribution in [0, 0.1) is 6.57 Å². The lowest BCUT2D eigenvalue weighted by atomic mass is 10.0. The molecule has 2 saturated heterocycles. The van der Waals surface area contributed by atoms with Crippen molar-refractivity contribution in [3.8, 4) is 6.01 Å². The minimum absolute atomic E-state index is 0.157. The molecule has 3 aromatic rings. The SMILES string of the molecule is [C-]#[N+]CC1CN(c2nc(OC[C@@H]3CCCN3C)nc3c2CCN(c2cccc4ccccc24)C3)CCN1. The summed E-state index contributed by atoms with van der Waals surface area (Å²) in [5.74, 6) is 0.994. The molecule has 3 aliphatic heterocycles. The van der Waals surface area contributed by atoms with E-state index < -0.39 is 0 Å². The van der Waals surface area contributed by atoms with Crippen LogP contribution in [-0.2, 0) is 13.0 Å². The molecular weight excluding hydrogens is 462 g/mol. The van der Waals surface area contributed by atoms with Gasteiger partial charge in [-0.15, -0.1) is 0 Å². The molecule has 6 rings (SSSR count). The lowest BCUT2D eigenvalue weighted by Crippen LogP contribution is -2.52. The van der Waals surface area contributed by atoms with Gasteiger partial charge in [0, 0.05) is 48.9 Å². The average molecular weight is 498 g/mol. The number of nitrogens with zero attached hydrogens (tertiary/aromatic N) is 6. The molecule has 8 heteroatoms. The van der Waals surface area contributed by atoms with Crippen molar-refractivity contribution >= 4 is 22.3 Å². The summed E-state index contributed by atoms with van der Waals surface area (Å²) in [5, 5.41) is 6.01. The monoisotopic (exact) mass is 497 g/mol. The van der Waals surface area contributed by atoms with Crippen molar-refractivity contribution < 1.29 is 4.74 Å². The van der Waals surface area contributed by atoms with E-state index in [2.05, 4.69) is 74.4 Å². The van der Waals surface area contributed by atoms with E-state index in [4.69, 9.17) is 21.3 Å². The van der Waals surface area contributed by atoms with Gasteiger partial charge in [-0.25, -0.2) is 6.57 Å². The number of rotatable bonds is 6. The number of likely N-dealkylation sites (N-methyl/N-ethyl adjacent to an activating group) is 1. The van der Waals surface area contributed by atoms with E-state index >= 15 is 0 Å². The fourth-order valence-electron chi connectivity index (χ4n) is 6.02. The Bertz CT molecular complexity index is 1300. The van der Waals surface area contributed by atoms with Crippen LogP contribution in [0.2, 0.25) is 0 Å². The fraction of sp³-hybridized carbons (Fsp3) is 0.483. The summed E-state index contributed by atoms with van der Waals surface area (Å²) in [6.07, 6.45) is 3.25. The number of likely N-dealkylation sites (tertiary alicyclic amines) is 1. The van der Waals surface area contributed by atoms with Crippen LogP contribution in [-0.4, -0.2) is 79.9 Å². The summed E-state index contributed by atoms with van der Waals surface area (Å²) >= 11 is 0. The highest BCUT2D eigenvalue weighted by Crippen LogP contribution is 2.34. The molecule has 0 bridgehead atoms. The number of anilines is 2. The number of ether oxygens (including phenoxy) is 1. The summed E-state index contributed by atoms with van der Waals surface area (Å²) in [5.41, 5.74) is 3.53. The molecule has 0 radical (unpaired) electrons. The van der Waals surface area contributed by atoms with Crippen molar-refractivity contribution in [3.05, 3.63) is 65.1 Å². The van der Waals surface area contributed by atoms with Crippen molar-refractivity contribution in [2.24, 2.45) is 0 Å². The minimum Gasteiger partial charge on any atom is -0.462 e. The van der Waals surface area contributed by atoms with Crippen LogP contribution in [0.1, 0.15) is 24.1 Å². The molecule has 2 atom stereocenters. The van der Waals surface area contributed by atoms with E-state index in [0.29, 0.717) is 25.2 Å². The lowest BCUT2D eigenvalue weighted by molar-refractivity contribution is 0.187. The first-order valence-electron chi connectivity index (χ1n) is 13.5. The standard InChI is InChI=1S/C29H35N7O/c1-30-17-22-18-36(16-13-31-22)28-25-12-15-35(27-11-5-8-21-7-3-4-10-24(21)27)19-26(25)32-29(33-28)37-20-23-9-6-14-34(23)2/h3-5,7-8,10-11,22-23,31H,6,9,12-20H2,2H3/t22?,23-/m0/s1. The zero-order chi connectivity index (χ0) is 25.2. The second-order valence-electron chi connectivity index (χ2n) is 10.5. The number of nitrogens with one attached hydrogen (secondary N) is 1. The topological polar surface area (TPSA) is 61.1 Å². The maximum atomic E-state index is 7.32. The Morgan fingerprint density at radius 3 is 2.84 bits per heavy atom. The van der Waals surface area contributed by atoms with E-state index in [9.17, 15) is 0 Å². The molecule has 0 spiro atoms. The molecular formula is C29H35N7O. The smallest absolute Gasteiger partial charge is 0.318 e. The fourth-order valence-corrected chi connectivity index (χ4v) is 6.02. The van der Waals surface area contributed by atoms with Gasteiger partial charge in [-0.1, -0.05) is 36.4 Å². The first kappa shape index (κ1) is 24.0. The van der Waals surface area contributed by atoms with Crippen LogP contribution in [0.25, 0.3) is 15.6 Å². The van der Waals surface area contributed by atoms with Gasteiger partial charge in [-0.3, -0.25) is 0 Å². The number of fused-ring (bicyclic) bond motifs is 2. The van der Waals surface area contributed by atoms with Crippen molar-refractivity contribution in [1.29, 1.82) is 0 Å². The second-order valence-corrected chi connectivity index (χ2v) is 10.5. The van der Waals surface area contributed by atoms with E-state index in [1.54, 1.807) is 0 Å². The van der Waals surface area contributed by atoms with Crippen molar-refractivity contribution in [2.45, 2.75) is 37.9 Å². The van der Waals surface area contributed by atoms with Gasteiger partial charge in [0.05, 0.1) is 18.3 Å². The summed E-state index contributed by atoms with van der Waals surface area (Å²) in [7, 11) is 2.17. The second kappa shape index (κ2) is 10.5. The molecule has 1 unspecified atom stereocenters. The first-order chi connectivity index (χ1) is 18.2. The van der Waals surface area contributed by atoms with Crippen LogP contribution in [0.4, 0.5) is 11.5 Å². The predicted molar refractivity (Wildman–Crippen MR) is 147 cm³/mol. The lowest BCUT2D eigenvalue weighted by Gasteiger charge is -2.37. The Morgan fingerprint density at radius 2 is 1.97 bits per heavy atom. The molecule has 0 amide bonds. The number of hydrogen-bond donors (Lipinski definition) is 1. The normalized spacial score (nSPS) is 22.2. The van der Waals surface area contributed by atoms with Gasteiger partial charge in [0.25, 0.3) is 0 Å². The van der Waals surface area contributed by atoms with Crippen LogP contribution in [0.5, 0.6) is 6.01 Å². The van der Waals surface area contributed by atoms with Gasteiger partial charge >= 0.3 is 6.01 Å². The average Bonchev–Trinajstić information content (AvgIpc) is 3.35. The summed E-state index contributed by atoms with van der Waals surface area (Å²) < 4.78 is 6.27. The largest absolute Gasteiger partial charge is 0.462 e. The third-order valence-corrected chi connectivity index (χ3v) is 8.07. The van der Waals surface area contributed by atoms with Gasteiger partial charge in [0.2, 0.25) is 6.54 Å². The highest BCUT2D eigenvalue weighted by atomic mass is 16.5. The zero-order valence-corrected chi connectivity index (χ0v) is 21.6. The van der Waals surface area contributed by atoms with Gasteiger partial charge in [-0.2, -0.15) is 9.97 Å². The zero-order valence-electron chi connectivity index (χ0n) is 21.6. The van der Waals surface area contributed by atoms with Crippen molar-refractivity contribution in [2.75, 3.05) is 62.7 Å². The molecule has 37 heavy (non-hydrogen) atoms. The molecule has 0 aliphatic carbocycles. The van der Waals surface area contributed by atoms with E-state index in [0.717, 1.165) is 63.6 Å². The summed E-state index contributed by atoms with van der Waals surface area (Å²) in [4.78, 5) is 20.8. The summed E-state index contributed by atoms with van der Waals surface area (Å²) in [6, 6.07) is 16.2. The maximum Gasteiger partial charge on any atom is 0.318 e. The molecule has 3 aliphatic rings. The predicted octanol–water partition coefficient (Wildman–Crippen LogP) is 3.36. The number of hydrogen-bond acceptors (Lipinski definition) is 7. The van der Waals surface area contributed by atoms with Crippen molar-refractivity contribution in [1.82, 2.24) is 20.2 Å². The van der Waals surface area contributed by atoms with Gasteiger partial charge in [0.1, 0.15) is 12.4 Å². The quantitative estimate of drug-likeness (QED) is 0.524. The number of aromatic nitrogens is 2. The molecule has 0 saturated carbocycles. The molecule has 192 valence electrons. The molecule has 2 aromatic carbocycles. The third kappa shape index (κ3) is 4.94. The van der Waals surface area contributed by atoms with Crippen LogP contribution < -0.4 is 19.9 Å². The van der Waals surface area contributed by atoms with Gasteiger partial charge < -0.3 is 29.6 Å². The highest BCUT2D eigenvalue weighted by Gasteiger charge is 2.30. The first-order valence-corrected chi connectivity index (χ1v) is 13.5. The summed E-state index contributed by atoms with van der Waals surface area (Å²) in [6.45, 7) is 13.7. The molecule has 1 N–H and O–H groups in total. The molecule has 4 heterocycles. The van der Waals surface area contributed by atoms with Crippen molar-refractivity contribution in [3.63, 3.8) is 0 Å². The molecule has 2 fully saturated rings. The Hall–Kier alpha value is -3.41. The van der Waals surface area contributed by atoms with Crippen LogP contribution in [0.15, 0.2) is 42.5 Å². The highest BCUT2D eigenvalue weighted by molar-refractivity contribution is 5.94. The van der Waals surface area contributed by atoms with E-state index in [1.807, 2.05) is 0 Å². The Balaban J connectivity index is 1.32. The Labute approximate surface area is 219 Å². The number of piperazine rings is 1. The van der Waals surface area contributed by atoms with Crippen LogP contribution >= 0.6 is 0 Å². The Kier molecular flexibility index (Phi) is 6.81. The molecule has 8 nitrogen and oxygen atoms in total. The third-order valence-electron chi connectivity index (χ3n) is 8.07. The minimum atomic E-state index is 0.157.